The number of allylic oxidation sites excluding steroid dienone is 6. The summed E-state index contributed by atoms with van der Waals surface area (Å²) in [6.07, 6.45) is 21.5. The molecule has 0 bridgehead atoms. The Labute approximate surface area is 346 Å². The summed E-state index contributed by atoms with van der Waals surface area (Å²) in [4.78, 5) is 8.00. The summed E-state index contributed by atoms with van der Waals surface area (Å²) in [6.45, 7) is 52.7. The molecule has 0 spiro atoms. The van der Waals surface area contributed by atoms with Gasteiger partial charge in [0.2, 0.25) is 0 Å². The number of benzene rings is 1. The van der Waals surface area contributed by atoms with Gasteiger partial charge in [0.15, 0.2) is 0 Å². The quantitative estimate of drug-likeness (QED) is 0.166. The zero-order valence-electron chi connectivity index (χ0n) is 42.0. The molecule has 2 aliphatic carbocycles. The van der Waals surface area contributed by atoms with E-state index in [4.69, 9.17) is 4.79 Å². The van der Waals surface area contributed by atoms with E-state index in [0.717, 1.165) is 17.8 Å². The van der Waals surface area contributed by atoms with E-state index in [-0.39, 0.29) is 0 Å². The molecule has 1 heteroatoms. The molecule has 1 aromatic carbocycles. The van der Waals surface area contributed by atoms with Crippen molar-refractivity contribution in [2.75, 3.05) is 0 Å². The van der Waals surface area contributed by atoms with Crippen molar-refractivity contribution in [1.82, 2.24) is 0 Å². The first-order chi connectivity index (χ1) is 25.8. The van der Waals surface area contributed by atoms with E-state index in [9.17, 15) is 0 Å². The summed E-state index contributed by atoms with van der Waals surface area (Å²) in [5, 5.41) is 0. The van der Waals surface area contributed by atoms with Gasteiger partial charge < -0.3 is 4.79 Å². The molecule has 0 amide bonds. The van der Waals surface area contributed by atoms with Crippen LogP contribution in [0, 0.1) is 50.4 Å². The molecule has 2 fully saturated rings. The molecule has 322 valence electrons. The number of carbonyl (C=O) groups is 1. The van der Waals surface area contributed by atoms with Gasteiger partial charge in [-0.25, -0.2) is 0 Å². The van der Waals surface area contributed by atoms with Crippen LogP contribution in [0.15, 0.2) is 41.5 Å². The third kappa shape index (κ3) is 59.0. The van der Waals surface area contributed by atoms with Crippen LogP contribution >= 0.6 is 0 Å². The second-order valence-corrected chi connectivity index (χ2v) is 13.5. The first-order valence-corrected chi connectivity index (χ1v) is 22.5. The van der Waals surface area contributed by atoms with Crippen molar-refractivity contribution in [2.24, 2.45) is 17.8 Å². The summed E-state index contributed by atoms with van der Waals surface area (Å²) in [5.74, 6) is 8.78. The van der Waals surface area contributed by atoms with E-state index >= 15 is 0 Å². The SMILES string of the molecule is C=O.CC.CC.CC.CC.CC#CC1CC1.CC1CCC(C)CC1.CC=C(C)C.CCC.CCC/C(C)=C/C=C(\C)c1cc(C)c(C)c(C)c1.CCCC. The van der Waals surface area contributed by atoms with Gasteiger partial charge >= 0.3 is 0 Å². The second kappa shape index (κ2) is 59.9. The van der Waals surface area contributed by atoms with Crippen molar-refractivity contribution in [3.05, 3.63) is 63.8 Å². The summed E-state index contributed by atoms with van der Waals surface area (Å²) in [5.41, 5.74) is 9.69. The van der Waals surface area contributed by atoms with Gasteiger partial charge in [0.05, 0.1) is 0 Å². The first kappa shape index (κ1) is 69.6. The number of hydrogen-bond donors (Lipinski definition) is 0. The van der Waals surface area contributed by atoms with Crippen LogP contribution in [0.25, 0.3) is 5.57 Å². The maximum atomic E-state index is 8.00. The molecule has 0 unspecified atom stereocenters. The zero-order chi connectivity index (χ0) is 44.5. The number of carbonyl (C=O) groups excluding carboxylic acids is 1. The minimum atomic E-state index is 0.787. The molecule has 0 heterocycles. The molecule has 0 aromatic heterocycles. The Morgan fingerprint density at radius 1 is 0.667 bits per heavy atom. The Morgan fingerprint density at radius 2 is 1.00 bits per heavy atom. The van der Waals surface area contributed by atoms with Crippen molar-refractivity contribution in [3.63, 3.8) is 0 Å². The van der Waals surface area contributed by atoms with Crippen LogP contribution in [0.1, 0.15) is 238 Å². The van der Waals surface area contributed by atoms with Crippen LogP contribution < -0.4 is 0 Å². The minimum Gasteiger partial charge on any atom is -0.307 e. The Morgan fingerprint density at radius 3 is 1.22 bits per heavy atom. The van der Waals surface area contributed by atoms with Crippen molar-refractivity contribution < 1.29 is 4.79 Å². The van der Waals surface area contributed by atoms with E-state index in [2.05, 4.69) is 139 Å². The lowest BCUT2D eigenvalue weighted by Crippen LogP contribution is -2.08. The van der Waals surface area contributed by atoms with Crippen LogP contribution in [-0.2, 0) is 4.79 Å². The fraction of sp³-hybridized carbons (Fsp3) is 0.717. The van der Waals surface area contributed by atoms with Crippen molar-refractivity contribution in [1.29, 1.82) is 0 Å². The minimum absolute atomic E-state index is 0.787. The van der Waals surface area contributed by atoms with E-state index in [1.807, 2.05) is 76.0 Å². The highest BCUT2D eigenvalue weighted by Crippen LogP contribution is 2.28. The number of hydrogen-bond acceptors (Lipinski definition) is 1. The molecule has 2 aliphatic rings. The molecule has 0 atom stereocenters. The van der Waals surface area contributed by atoms with Gasteiger partial charge in [-0.1, -0.05) is 197 Å². The molecule has 0 saturated heterocycles. The second-order valence-electron chi connectivity index (χ2n) is 13.5. The maximum absolute atomic E-state index is 8.00. The standard InChI is InChI=1S/C18H26.C8H16.C6H8.C5H10.C4H10.C3H8.4C2H6.CH2O/c1-7-8-13(2)9-10-14(3)18-11-15(4)17(6)16(5)12-18;1-7-3-5-8(2)6-4-7;1-2-3-6-4-5-6;1-4-5(2)3;1-3-4-2;1-3-2;5*1-2/h9-12H,7-8H2,1-6H3;7-8H,3-6H2,1-2H3;6H,4-5H2,1H3;4H,1-3H3;3-4H2,1-2H3;3H2,1-2H3;4*1-2H3;1H2/b13-9+,14-10+;;;;;;;;;;. The number of aryl methyl sites for hydroxylation is 2. The lowest BCUT2D eigenvalue weighted by atomic mass is 9.84. The van der Waals surface area contributed by atoms with E-state index in [1.165, 1.54) is 110 Å². The normalized spacial score (nSPS) is 14.4. The summed E-state index contributed by atoms with van der Waals surface area (Å²) < 4.78 is 0. The average Bonchev–Trinajstić information content (AvgIpc) is 4.03. The first-order valence-electron chi connectivity index (χ1n) is 22.5. The van der Waals surface area contributed by atoms with Crippen LogP contribution in [-0.4, -0.2) is 6.79 Å². The molecule has 1 aromatic rings. The molecule has 54 heavy (non-hydrogen) atoms. The molecular formula is C53H104O. The highest BCUT2D eigenvalue weighted by molar-refractivity contribution is 5.67. The van der Waals surface area contributed by atoms with Crippen LogP contribution in [0.4, 0.5) is 0 Å². The molecule has 2 saturated carbocycles. The van der Waals surface area contributed by atoms with Crippen molar-refractivity contribution in [2.45, 2.75) is 237 Å². The topological polar surface area (TPSA) is 17.1 Å². The van der Waals surface area contributed by atoms with Gasteiger partial charge in [-0.05, 0) is 121 Å². The Hall–Kier alpha value is -2.33. The number of rotatable bonds is 5. The maximum Gasteiger partial charge on any atom is 0.106 e. The smallest absolute Gasteiger partial charge is 0.106 e. The van der Waals surface area contributed by atoms with Gasteiger partial charge in [-0.15, -0.1) is 11.8 Å². The largest absolute Gasteiger partial charge is 0.307 e. The number of unbranched alkanes of at least 4 members (excludes halogenated alkanes) is 1. The van der Waals surface area contributed by atoms with E-state index < -0.39 is 0 Å². The molecule has 0 radical (unpaired) electrons. The van der Waals surface area contributed by atoms with E-state index in [1.54, 1.807) is 0 Å². The Kier molecular flexibility index (Phi) is 77.2. The third-order valence-corrected chi connectivity index (χ3v) is 7.95. The van der Waals surface area contributed by atoms with Gasteiger partial charge in [0.25, 0.3) is 0 Å². The summed E-state index contributed by atoms with van der Waals surface area (Å²) in [6, 6.07) is 4.58. The van der Waals surface area contributed by atoms with Crippen molar-refractivity contribution in [3.8, 4) is 11.8 Å². The van der Waals surface area contributed by atoms with Crippen molar-refractivity contribution >= 4 is 12.4 Å². The summed E-state index contributed by atoms with van der Waals surface area (Å²) in [7, 11) is 0. The fourth-order valence-corrected chi connectivity index (χ4v) is 3.96. The van der Waals surface area contributed by atoms with Gasteiger partial charge in [0.1, 0.15) is 6.79 Å². The Bertz CT molecular complexity index is 943. The Balaban J connectivity index is -0.0000000825. The van der Waals surface area contributed by atoms with Crippen LogP contribution in [0.2, 0.25) is 0 Å². The zero-order valence-corrected chi connectivity index (χ0v) is 42.0. The van der Waals surface area contributed by atoms with Gasteiger partial charge in [-0.3, -0.25) is 0 Å². The third-order valence-electron chi connectivity index (χ3n) is 7.95. The monoisotopic (exact) mass is 757 g/mol. The van der Waals surface area contributed by atoms with Gasteiger partial charge in [0, 0.05) is 5.92 Å². The predicted octanol–water partition coefficient (Wildman–Crippen LogP) is 19.1. The van der Waals surface area contributed by atoms with Gasteiger partial charge in [-0.2, -0.15) is 0 Å². The van der Waals surface area contributed by atoms with Crippen LogP contribution in [0.3, 0.4) is 0 Å². The molecule has 0 aliphatic heterocycles. The summed E-state index contributed by atoms with van der Waals surface area (Å²) >= 11 is 0. The fourth-order valence-electron chi connectivity index (χ4n) is 3.96. The van der Waals surface area contributed by atoms with E-state index in [0.29, 0.717) is 0 Å². The molecular weight excluding hydrogens is 653 g/mol. The highest BCUT2D eigenvalue weighted by Gasteiger charge is 2.17. The molecule has 3 rings (SSSR count). The molecule has 1 nitrogen and oxygen atoms in total. The predicted molar refractivity (Wildman–Crippen MR) is 260 cm³/mol. The lowest BCUT2D eigenvalue weighted by molar-refractivity contribution is -0.0980. The lowest BCUT2D eigenvalue weighted by Gasteiger charge is -2.22. The highest BCUT2D eigenvalue weighted by atomic mass is 16.1. The van der Waals surface area contributed by atoms with Crippen LogP contribution in [0.5, 0.6) is 0 Å². The average molecular weight is 757 g/mol. The molecule has 0 N–H and O–H groups in total.